The summed E-state index contributed by atoms with van der Waals surface area (Å²) in [6.07, 6.45) is -5.71. The van der Waals surface area contributed by atoms with Gasteiger partial charge in [0.15, 0.2) is 6.17 Å². The number of rotatable bonds is 5. The van der Waals surface area contributed by atoms with Crippen LogP contribution in [0.5, 0.6) is 0 Å². The lowest BCUT2D eigenvalue weighted by Gasteiger charge is -2.32. The molecule has 1 saturated heterocycles. The van der Waals surface area contributed by atoms with Crippen molar-refractivity contribution in [1.29, 1.82) is 0 Å². The lowest BCUT2D eigenvalue weighted by atomic mass is 9.76. The van der Waals surface area contributed by atoms with Gasteiger partial charge >= 0.3 is 13.1 Å². The van der Waals surface area contributed by atoms with Crippen LogP contribution in [-0.4, -0.2) is 43.5 Å². The van der Waals surface area contributed by atoms with Gasteiger partial charge in [0.1, 0.15) is 5.82 Å². The van der Waals surface area contributed by atoms with Crippen molar-refractivity contribution in [3.63, 3.8) is 0 Å². The van der Waals surface area contributed by atoms with E-state index >= 15 is 0 Å². The van der Waals surface area contributed by atoms with Crippen LogP contribution < -0.4 is 16.1 Å². The summed E-state index contributed by atoms with van der Waals surface area (Å²) in [6, 6.07) is 1.56. The van der Waals surface area contributed by atoms with E-state index in [0.717, 1.165) is 0 Å². The first-order valence-corrected chi connectivity index (χ1v) is 8.47. The molecular formula is C17H23BF4N2O3. The van der Waals surface area contributed by atoms with Crippen LogP contribution in [0.3, 0.4) is 0 Å². The van der Waals surface area contributed by atoms with Gasteiger partial charge in [-0.3, -0.25) is 0 Å². The lowest BCUT2D eigenvalue weighted by Crippen LogP contribution is -2.41. The molecule has 0 bridgehead atoms. The number of hydrogen-bond acceptors (Lipinski definition) is 3. The third kappa shape index (κ3) is 4.73. The van der Waals surface area contributed by atoms with Gasteiger partial charge in [0, 0.05) is 0 Å². The maximum Gasteiger partial charge on any atom is 0.495 e. The zero-order valence-corrected chi connectivity index (χ0v) is 15.8. The van der Waals surface area contributed by atoms with E-state index in [1.807, 2.05) is 33.0 Å². The number of amides is 2. The summed E-state index contributed by atoms with van der Waals surface area (Å²) in [6.45, 7) is 8.26. The Kier molecular flexibility index (Phi) is 6.11. The van der Waals surface area contributed by atoms with E-state index in [0.29, 0.717) is 11.0 Å². The minimum absolute atomic E-state index is 0.199. The fraction of sp³-hybridized carbons (Fsp3) is 0.588. The number of hydrogen-bond donors (Lipinski definition) is 2. The number of nitrogens with one attached hydrogen (secondary N) is 2. The molecule has 1 heterocycles. The highest BCUT2D eigenvalue weighted by molar-refractivity contribution is 6.62. The maximum absolute atomic E-state index is 14.2. The standard InChI is InChI=1S/C17H23BF4N2O3/c1-9-6-11(19)13(24-15(25)23-8-12(20)14(21)22)7-10(9)18-26-16(2,3)17(4,5)27-18/h6-7,12,14H,8H2,1-5H3,(H2,23,24,25). The van der Waals surface area contributed by atoms with Crippen molar-refractivity contribution in [2.75, 3.05) is 11.9 Å². The molecule has 5 nitrogen and oxygen atoms in total. The van der Waals surface area contributed by atoms with Crippen molar-refractivity contribution in [1.82, 2.24) is 5.32 Å². The number of anilines is 1. The van der Waals surface area contributed by atoms with Crippen LogP contribution >= 0.6 is 0 Å². The first-order valence-electron chi connectivity index (χ1n) is 8.47. The minimum Gasteiger partial charge on any atom is -0.399 e. The van der Waals surface area contributed by atoms with Crippen LogP contribution in [0.4, 0.5) is 28.0 Å². The molecule has 2 rings (SSSR count). The summed E-state index contributed by atoms with van der Waals surface area (Å²) in [4.78, 5) is 11.8. The second kappa shape index (κ2) is 7.67. The molecule has 0 aromatic heterocycles. The number of aryl methyl sites for hydroxylation is 1. The fourth-order valence-electron chi connectivity index (χ4n) is 2.45. The number of carbonyl (C=O) groups is 1. The zero-order valence-electron chi connectivity index (χ0n) is 15.8. The van der Waals surface area contributed by atoms with E-state index in [1.54, 1.807) is 6.92 Å². The van der Waals surface area contributed by atoms with E-state index in [1.165, 1.54) is 12.1 Å². The highest BCUT2D eigenvalue weighted by atomic mass is 19.3. The molecule has 0 aliphatic carbocycles. The Labute approximate surface area is 155 Å². The quantitative estimate of drug-likeness (QED) is 0.600. The summed E-state index contributed by atoms with van der Waals surface area (Å²) in [5.41, 5.74) is -0.334. The first kappa shape index (κ1) is 21.5. The zero-order chi connectivity index (χ0) is 20.6. The number of alkyl halides is 3. The van der Waals surface area contributed by atoms with Gasteiger partial charge in [0.05, 0.1) is 23.4 Å². The summed E-state index contributed by atoms with van der Waals surface area (Å²) in [5.74, 6) is -0.728. The van der Waals surface area contributed by atoms with Crippen molar-refractivity contribution in [3.05, 3.63) is 23.5 Å². The molecular weight excluding hydrogens is 367 g/mol. The van der Waals surface area contributed by atoms with Crippen LogP contribution in [0, 0.1) is 12.7 Å². The SMILES string of the molecule is Cc1cc(F)c(NC(=O)NCC(F)C(F)F)cc1B1OC(C)(C)C(C)(C)O1. The average Bonchev–Trinajstić information content (AvgIpc) is 2.75. The van der Waals surface area contributed by atoms with E-state index < -0.39 is 49.3 Å². The predicted molar refractivity (Wildman–Crippen MR) is 94.8 cm³/mol. The average molecular weight is 390 g/mol. The summed E-state index contributed by atoms with van der Waals surface area (Å²) >= 11 is 0. The first-order chi connectivity index (χ1) is 12.3. The van der Waals surface area contributed by atoms with Crippen molar-refractivity contribution >= 4 is 24.3 Å². The molecule has 1 aliphatic rings. The van der Waals surface area contributed by atoms with Crippen molar-refractivity contribution in [3.8, 4) is 0 Å². The van der Waals surface area contributed by atoms with Crippen molar-refractivity contribution in [2.24, 2.45) is 0 Å². The number of halogens is 4. The Balaban J connectivity index is 2.16. The molecule has 2 N–H and O–H groups in total. The largest absolute Gasteiger partial charge is 0.495 e. The predicted octanol–water partition coefficient (Wildman–Crippen LogP) is 3.16. The Hall–Kier alpha value is -1.81. The second-order valence-electron chi connectivity index (χ2n) is 7.46. The summed E-state index contributed by atoms with van der Waals surface area (Å²) in [7, 11) is -0.770. The molecule has 1 aliphatic heterocycles. The Morgan fingerprint density at radius 2 is 1.70 bits per heavy atom. The molecule has 1 atom stereocenters. The molecule has 1 aromatic rings. The van der Waals surface area contributed by atoms with Crippen LogP contribution in [0.25, 0.3) is 0 Å². The van der Waals surface area contributed by atoms with Crippen molar-refractivity contribution < 1.29 is 31.7 Å². The third-order valence-electron chi connectivity index (χ3n) is 4.84. The topological polar surface area (TPSA) is 59.6 Å². The highest BCUT2D eigenvalue weighted by Crippen LogP contribution is 2.37. The van der Waals surface area contributed by atoms with E-state index in [4.69, 9.17) is 9.31 Å². The molecule has 2 amide bonds. The van der Waals surface area contributed by atoms with E-state index in [9.17, 15) is 22.4 Å². The molecule has 10 heteroatoms. The fourth-order valence-corrected chi connectivity index (χ4v) is 2.45. The van der Waals surface area contributed by atoms with Gasteiger partial charge in [-0.05, 0) is 57.8 Å². The van der Waals surface area contributed by atoms with E-state index in [2.05, 4.69) is 5.32 Å². The van der Waals surface area contributed by atoms with Crippen LogP contribution in [0.15, 0.2) is 12.1 Å². The molecule has 1 unspecified atom stereocenters. The van der Waals surface area contributed by atoms with Crippen LogP contribution in [0.1, 0.15) is 33.3 Å². The van der Waals surface area contributed by atoms with E-state index in [-0.39, 0.29) is 5.69 Å². The number of urea groups is 1. The molecule has 0 radical (unpaired) electrons. The van der Waals surface area contributed by atoms with Gasteiger partial charge in [0.25, 0.3) is 6.43 Å². The summed E-state index contributed by atoms with van der Waals surface area (Å²) < 4.78 is 63.2. The van der Waals surface area contributed by atoms with Crippen molar-refractivity contribution in [2.45, 2.75) is 58.4 Å². The van der Waals surface area contributed by atoms with Gasteiger partial charge in [-0.2, -0.15) is 0 Å². The highest BCUT2D eigenvalue weighted by Gasteiger charge is 2.52. The molecule has 150 valence electrons. The molecule has 0 saturated carbocycles. The smallest absolute Gasteiger partial charge is 0.399 e. The maximum atomic E-state index is 14.2. The lowest BCUT2D eigenvalue weighted by molar-refractivity contribution is 0.00578. The van der Waals surface area contributed by atoms with Gasteiger partial charge < -0.3 is 19.9 Å². The molecule has 1 aromatic carbocycles. The molecule has 27 heavy (non-hydrogen) atoms. The van der Waals surface area contributed by atoms with Gasteiger partial charge in [-0.15, -0.1) is 0 Å². The molecule has 1 fully saturated rings. The Morgan fingerprint density at radius 1 is 1.15 bits per heavy atom. The summed E-state index contributed by atoms with van der Waals surface area (Å²) in [5, 5.41) is 4.12. The monoisotopic (exact) mass is 390 g/mol. The number of benzene rings is 1. The Bertz CT molecular complexity index is 700. The van der Waals surface area contributed by atoms with Gasteiger partial charge in [0.2, 0.25) is 0 Å². The molecule has 0 spiro atoms. The number of carbonyl (C=O) groups excluding carboxylic acids is 1. The van der Waals surface area contributed by atoms with Gasteiger partial charge in [-0.25, -0.2) is 22.4 Å². The second-order valence-corrected chi connectivity index (χ2v) is 7.46. The normalized spacial score (nSPS) is 19.3. The van der Waals surface area contributed by atoms with Crippen LogP contribution in [-0.2, 0) is 9.31 Å². The van der Waals surface area contributed by atoms with Crippen LogP contribution in [0.2, 0.25) is 0 Å². The van der Waals surface area contributed by atoms with Gasteiger partial charge in [-0.1, -0.05) is 0 Å². The minimum atomic E-state index is -3.21. The third-order valence-corrected chi connectivity index (χ3v) is 4.84. The Morgan fingerprint density at radius 3 is 2.22 bits per heavy atom.